The number of likely N-dealkylation sites (N-methyl/N-ethyl adjacent to an activating group) is 1. The van der Waals surface area contributed by atoms with E-state index in [0.29, 0.717) is 11.4 Å². The van der Waals surface area contributed by atoms with E-state index in [0.717, 1.165) is 5.56 Å². The first-order valence-corrected chi connectivity index (χ1v) is 4.81. The highest BCUT2D eigenvalue weighted by Crippen LogP contribution is 2.33. The number of aliphatic hydroxyl groups excluding tert-OH is 1. The highest BCUT2D eigenvalue weighted by atomic mass is 16.5. The summed E-state index contributed by atoms with van der Waals surface area (Å²) in [5.41, 5.74) is 1.49. The third-order valence-electron chi connectivity index (χ3n) is 2.55. The van der Waals surface area contributed by atoms with Gasteiger partial charge in [0.25, 0.3) is 5.91 Å². The molecule has 1 unspecified atom stereocenters. The maximum Gasteiger partial charge on any atom is 0.264 e. The molecule has 0 aromatic heterocycles. The Morgan fingerprint density at radius 2 is 2.27 bits per heavy atom. The molecule has 0 radical (unpaired) electrons. The largest absolute Gasteiger partial charge is 0.482 e. The van der Waals surface area contributed by atoms with E-state index < -0.39 is 6.10 Å². The van der Waals surface area contributed by atoms with E-state index in [-0.39, 0.29) is 12.5 Å². The van der Waals surface area contributed by atoms with Crippen LogP contribution in [0, 0.1) is 0 Å². The van der Waals surface area contributed by atoms with Crippen molar-refractivity contribution in [1.29, 1.82) is 0 Å². The van der Waals surface area contributed by atoms with Crippen molar-refractivity contribution in [3.63, 3.8) is 0 Å². The second kappa shape index (κ2) is 3.55. The second-order valence-corrected chi connectivity index (χ2v) is 3.64. The van der Waals surface area contributed by atoms with Crippen LogP contribution in [0.1, 0.15) is 18.6 Å². The van der Waals surface area contributed by atoms with E-state index in [1.54, 1.807) is 37.1 Å². The smallest absolute Gasteiger partial charge is 0.264 e. The molecule has 80 valence electrons. The van der Waals surface area contributed by atoms with Crippen LogP contribution < -0.4 is 9.64 Å². The molecule has 0 saturated carbocycles. The van der Waals surface area contributed by atoms with Gasteiger partial charge in [0.05, 0.1) is 11.8 Å². The third-order valence-corrected chi connectivity index (χ3v) is 2.55. The molecule has 2 rings (SSSR count). The second-order valence-electron chi connectivity index (χ2n) is 3.64. The molecule has 0 spiro atoms. The van der Waals surface area contributed by atoms with Gasteiger partial charge >= 0.3 is 0 Å². The van der Waals surface area contributed by atoms with Crippen LogP contribution in [0.5, 0.6) is 5.75 Å². The zero-order valence-corrected chi connectivity index (χ0v) is 8.73. The number of hydrogen-bond donors (Lipinski definition) is 1. The molecule has 0 bridgehead atoms. The molecule has 0 fully saturated rings. The van der Waals surface area contributed by atoms with Crippen LogP contribution in [0.25, 0.3) is 0 Å². The van der Waals surface area contributed by atoms with E-state index in [2.05, 4.69) is 0 Å². The summed E-state index contributed by atoms with van der Waals surface area (Å²) in [4.78, 5) is 12.9. The van der Waals surface area contributed by atoms with Crippen molar-refractivity contribution in [1.82, 2.24) is 0 Å². The van der Waals surface area contributed by atoms with Crippen LogP contribution in [0.15, 0.2) is 18.2 Å². The molecule has 15 heavy (non-hydrogen) atoms. The van der Waals surface area contributed by atoms with Crippen LogP contribution >= 0.6 is 0 Å². The highest BCUT2D eigenvalue weighted by Gasteiger charge is 2.22. The Bertz CT molecular complexity index is 401. The van der Waals surface area contributed by atoms with E-state index in [9.17, 15) is 9.90 Å². The van der Waals surface area contributed by atoms with E-state index in [1.807, 2.05) is 0 Å². The summed E-state index contributed by atoms with van der Waals surface area (Å²) in [5, 5.41) is 9.43. The molecule has 1 N–H and O–H groups in total. The van der Waals surface area contributed by atoms with Crippen molar-refractivity contribution in [2.24, 2.45) is 0 Å². The molecule has 0 saturated heterocycles. The van der Waals surface area contributed by atoms with Crippen LogP contribution in [0.2, 0.25) is 0 Å². The standard InChI is InChI=1S/C11H13NO3/c1-7(13)8-3-4-10-9(5-8)12(2)11(14)6-15-10/h3-5,7,13H,6H2,1-2H3. The highest BCUT2D eigenvalue weighted by molar-refractivity contribution is 5.97. The van der Waals surface area contributed by atoms with Crippen molar-refractivity contribution in [3.05, 3.63) is 23.8 Å². The molecule has 1 heterocycles. The molecular weight excluding hydrogens is 194 g/mol. The lowest BCUT2D eigenvalue weighted by molar-refractivity contribution is -0.120. The summed E-state index contributed by atoms with van der Waals surface area (Å²) in [5.74, 6) is 0.603. The Morgan fingerprint density at radius 3 is 2.93 bits per heavy atom. The summed E-state index contributed by atoms with van der Waals surface area (Å²) in [6.45, 7) is 1.77. The van der Waals surface area contributed by atoms with Gasteiger partial charge in [-0.3, -0.25) is 4.79 Å². The van der Waals surface area contributed by atoms with Gasteiger partial charge in [-0.25, -0.2) is 0 Å². The molecule has 4 nitrogen and oxygen atoms in total. The van der Waals surface area contributed by atoms with Gasteiger partial charge in [-0.2, -0.15) is 0 Å². The van der Waals surface area contributed by atoms with Crippen molar-refractivity contribution in [3.8, 4) is 5.75 Å². The number of rotatable bonds is 1. The number of ether oxygens (including phenoxy) is 1. The summed E-state index contributed by atoms with van der Waals surface area (Å²) in [6.07, 6.45) is -0.541. The lowest BCUT2D eigenvalue weighted by Gasteiger charge is -2.26. The fourth-order valence-electron chi connectivity index (χ4n) is 1.55. The maximum atomic E-state index is 11.4. The fraction of sp³-hybridized carbons (Fsp3) is 0.364. The Balaban J connectivity index is 2.45. The number of nitrogens with zero attached hydrogens (tertiary/aromatic N) is 1. The average Bonchev–Trinajstić information content (AvgIpc) is 2.23. The van der Waals surface area contributed by atoms with E-state index in [1.165, 1.54) is 0 Å². The molecule has 4 heteroatoms. The number of hydrogen-bond acceptors (Lipinski definition) is 3. The number of anilines is 1. The monoisotopic (exact) mass is 207 g/mol. The third kappa shape index (κ3) is 1.68. The number of fused-ring (bicyclic) bond motifs is 1. The van der Waals surface area contributed by atoms with Crippen molar-refractivity contribution in [2.45, 2.75) is 13.0 Å². The molecule has 1 amide bonds. The van der Waals surface area contributed by atoms with Crippen LogP contribution in [-0.2, 0) is 4.79 Å². The lowest BCUT2D eigenvalue weighted by atomic mass is 10.1. The van der Waals surface area contributed by atoms with Gasteiger partial charge < -0.3 is 14.7 Å². The number of carbonyl (C=O) groups is 1. The minimum absolute atomic E-state index is 0.0785. The number of benzene rings is 1. The summed E-state index contributed by atoms with van der Waals surface area (Å²) in [7, 11) is 1.70. The first-order chi connectivity index (χ1) is 7.09. The van der Waals surface area contributed by atoms with Gasteiger partial charge in [0.1, 0.15) is 5.75 Å². The molecule has 1 aromatic rings. The number of aliphatic hydroxyl groups is 1. The predicted octanol–water partition coefficient (Wildman–Crippen LogP) is 1.10. The minimum atomic E-state index is -0.541. The molecular formula is C11H13NO3. The molecule has 1 aliphatic rings. The van der Waals surface area contributed by atoms with Crippen molar-refractivity contribution in [2.75, 3.05) is 18.6 Å². The molecule has 1 atom stereocenters. The van der Waals surface area contributed by atoms with Gasteiger partial charge in [0, 0.05) is 7.05 Å². The predicted molar refractivity (Wildman–Crippen MR) is 56.0 cm³/mol. The van der Waals surface area contributed by atoms with Crippen LogP contribution in [0.3, 0.4) is 0 Å². The van der Waals surface area contributed by atoms with Gasteiger partial charge in [-0.1, -0.05) is 6.07 Å². The van der Waals surface area contributed by atoms with Gasteiger partial charge in [0.2, 0.25) is 0 Å². The Kier molecular flexibility index (Phi) is 2.36. The van der Waals surface area contributed by atoms with Gasteiger partial charge in [-0.05, 0) is 24.6 Å². The van der Waals surface area contributed by atoms with E-state index >= 15 is 0 Å². The SMILES string of the molecule is CC(O)c1ccc2c(c1)N(C)C(=O)CO2. The zero-order valence-electron chi connectivity index (χ0n) is 8.73. The fourth-order valence-corrected chi connectivity index (χ4v) is 1.55. The lowest BCUT2D eigenvalue weighted by Crippen LogP contribution is -2.35. The van der Waals surface area contributed by atoms with Crippen molar-refractivity contribution < 1.29 is 14.6 Å². The summed E-state index contributed by atoms with van der Waals surface area (Å²) >= 11 is 0. The number of carbonyl (C=O) groups excluding carboxylic acids is 1. The van der Waals surface area contributed by atoms with E-state index in [4.69, 9.17) is 4.74 Å². The Hall–Kier alpha value is -1.55. The molecule has 1 aromatic carbocycles. The minimum Gasteiger partial charge on any atom is -0.482 e. The normalized spacial score (nSPS) is 17.0. The Morgan fingerprint density at radius 1 is 1.53 bits per heavy atom. The quantitative estimate of drug-likeness (QED) is 0.750. The summed E-state index contributed by atoms with van der Waals surface area (Å²) < 4.78 is 5.27. The molecule has 1 aliphatic heterocycles. The summed E-state index contributed by atoms with van der Waals surface area (Å²) in [6, 6.07) is 5.35. The first-order valence-electron chi connectivity index (χ1n) is 4.81. The van der Waals surface area contributed by atoms with Gasteiger partial charge in [0.15, 0.2) is 6.61 Å². The Labute approximate surface area is 88.1 Å². The number of amides is 1. The maximum absolute atomic E-state index is 11.4. The van der Waals surface area contributed by atoms with Crippen LogP contribution in [0.4, 0.5) is 5.69 Å². The zero-order chi connectivity index (χ0) is 11.0. The molecule has 0 aliphatic carbocycles. The first kappa shape index (κ1) is 9.98. The van der Waals surface area contributed by atoms with Gasteiger partial charge in [-0.15, -0.1) is 0 Å². The average molecular weight is 207 g/mol. The van der Waals surface area contributed by atoms with Crippen LogP contribution in [-0.4, -0.2) is 24.7 Å². The van der Waals surface area contributed by atoms with Crippen molar-refractivity contribution >= 4 is 11.6 Å². The topological polar surface area (TPSA) is 49.8 Å².